The Kier molecular flexibility index (Phi) is 7.45. The van der Waals surface area contributed by atoms with Gasteiger partial charge in [0.2, 0.25) is 0 Å². The van der Waals surface area contributed by atoms with Crippen LogP contribution in [0.25, 0.3) is 0 Å². The second kappa shape index (κ2) is 10.0. The number of piperazine rings is 1. The Morgan fingerprint density at radius 1 is 1.07 bits per heavy atom. The normalized spacial score (nSPS) is 24.4. The molecule has 1 atom stereocenters. The molecule has 6 heteroatoms. The second-order valence-corrected chi connectivity index (χ2v) is 8.53. The van der Waals surface area contributed by atoms with E-state index in [1.165, 1.54) is 22.4 Å². The minimum absolute atomic E-state index is 0.161. The number of rotatable bonds is 5. The third-order valence-corrected chi connectivity index (χ3v) is 6.48. The lowest BCUT2D eigenvalue weighted by molar-refractivity contribution is -1.02. The molecular weight excluding hydrogens is 352 g/mol. The minimum Gasteiger partial charge on any atom is -0.335 e. The lowest BCUT2D eigenvalue weighted by Crippen LogP contribution is -3.29. The molecule has 3 amide bonds. The van der Waals surface area contributed by atoms with E-state index < -0.39 is 0 Å². The number of aryl methyl sites for hydroxylation is 1. The van der Waals surface area contributed by atoms with Crippen LogP contribution in [0.1, 0.15) is 50.2 Å². The Hall–Kier alpha value is -1.92. The van der Waals surface area contributed by atoms with Crippen LogP contribution in [0.3, 0.4) is 0 Å². The van der Waals surface area contributed by atoms with Gasteiger partial charge in [0.05, 0.1) is 0 Å². The van der Waals surface area contributed by atoms with Gasteiger partial charge < -0.3 is 15.1 Å². The SMILES string of the molecule is Cc1ccccc1C[NH+]1CC[NH+]([C@H](C)C(=O)NC(=O)NC2CCCCC2)CC1. The molecule has 3 rings (SSSR count). The van der Waals surface area contributed by atoms with Gasteiger partial charge in [-0.25, -0.2) is 4.79 Å². The highest BCUT2D eigenvalue weighted by Gasteiger charge is 2.32. The summed E-state index contributed by atoms with van der Waals surface area (Å²) in [5, 5.41) is 5.53. The molecule has 2 aliphatic rings. The van der Waals surface area contributed by atoms with E-state index in [4.69, 9.17) is 0 Å². The molecule has 0 spiro atoms. The first kappa shape index (κ1) is 20.8. The molecule has 0 aromatic heterocycles. The molecule has 28 heavy (non-hydrogen) atoms. The maximum Gasteiger partial charge on any atom is 0.321 e. The number of urea groups is 1. The summed E-state index contributed by atoms with van der Waals surface area (Å²) < 4.78 is 0. The number of amides is 3. The number of carbonyl (C=O) groups is 2. The summed E-state index contributed by atoms with van der Waals surface area (Å²) in [4.78, 5) is 27.5. The quantitative estimate of drug-likeness (QED) is 0.566. The molecule has 4 N–H and O–H groups in total. The Balaban J connectivity index is 1.41. The summed E-state index contributed by atoms with van der Waals surface area (Å²) in [5.74, 6) is -0.161. The van der Waals surface area contributed by atoms with Crippen LogP contribution in [-0.4, -0.2) is 50.2 Å². The van der Waals surface area contributed by atoms with Crippen molar-refractivity contribution in [1.29, 1.82) is 0 Å². The molecule has 1 saturated carbocycles. The van der Waals surface area contributed by atoms with Gasteiger partial charge in [0.1, 0.15) is 32.7 Å². The van der Waals surface area contributed by atoms with E-state index in [2.05, 4.69) is 41.8 Å². The molecule has 0 radical (unpaired) electrons. The predicted molar refractivity (Wildman–Crippen MR) is 109 cm³/mol. The maximum absolute atomic E-state index is 12.5. The molecular formula is C22H36N4O2+2. The fraction of sp³-hybridized carbons (Fsp3) is 0.636. The van der Waals surface area contributed by atoms with Crippen LogP contribution >= 0.6 is 0 Å². The van der Waals surface area contributed by atoms with Crippen molar-refractivity contribution < 1.29 is 19.4 Å². The van der Waals surface area contributed by atoms with Gasteiger partial charge in [0, 0.05) is 11.6 Å². The summed E-state index contributed by atoms with van der Waals surface area (Å²) in [6.07, 6.45) is 5.61. The van der Waals surface area contributed by atoms with Crippen molar-refractivity contribution in [2.24, 2.45) is 0 Å². The zero-order valence-electron chi connectivity index (χ0n) is 17.4. The lowest BCUT2D eigenvalue weighted by atomic mass is 9.96. The number of nitrogens with one attached hydrogen (secondary N) is 4. The van der Waals surface area contributed by atoms with Crippen LogP contribution in [0.2, 0.25) is 0 Å². The van der Waals surface area contributed by atoms with Crippen molar-refractivity contribution >= 4 is 11.9 Å². The van der Waals surface area contributed by atoms with Crippen molar-refractivity contribution in [3.8, 4) is 0 Å². The number of carbonyl (C=O) groups excluding carboxylic acids is 2. The molecule has 1 aromatic carbocycles. The third-order valence-electron chi connectivity index (χ3n) is 6.48. The number of imide groups is 1. The average Bonchev–Trinajstić information content (AvgIpc) is 2.70. The first-order valence-corrected chi connectivity index (χ1v) is 10.9. The van der Waals surface area contributed by atoms with Crippen LogP contribution < -0.4 is 20.4 Å². The molecule has 1 aromatic rings. The van der Waals surface area contributed by atoms with Crippen LogP contribution in [-0.2, 0) is 11.3 Å². The monoisotopic (exact) mass is 388 g/mol. The zero-order chi connectivity index (χ0) is 19.9. The van der Waals surface area contributed by atoms with Crippen LogP contribution in [0.5, 0.6) is 0 Å². The van der Waals surface area contributed by atoms with Gasteiger partial charge >= 0.3 is 6.03 Å². The Morgan fingerprint density at radius 3 is 2.43 bits per heavy atom. The molecule has 1 heterocycles. The molecule has 1 saturated heterocycles. The number of benzene rings is 1. The summed E-state index contributed by atoms with van der Waals surface area (Å²) in [6, 6.07) is 8.26. The standard InChI is InChI=1S/C22H34N4O2/c1-17-8-6-7-9-19(17)16-25-12-14-26(15-13-25)18(2)21(27)24-22(28)23-20-10-4-3-5-11-20/h6-9,18,20H,3-5,10-16H2,1-2H3,(H2,23,24,27,28)/p+2/t18-/m1/s1. The van der Waals surface area contributed by atoms with Crippen molar-refractivity contribution in [1.82, 2.24) is 10.6 Å². The largest absolute Gasteiger partial charge is 0.335 e. The van der Waals surface area contributed by atoms with Gasteiger partial charge in [-0.15, -0.1) is 0 Å². The number of hydrogen-bond donors (Lipinski definition) is 4. The Morgan fingerprint density at radius 2 is 1.75 bits per heavy atom. The maximum atomic E-state index is 12.5. The Bertz CT molecular complexity index is 664. The van der Waals surface area contributed by atoms with E-state index in [0.29, 0.717) is 0 Å². The number of hydrogen-bond acceptors (Lipinski definition) is 2. The molecule has 0 bridgehead atoms. The van der Waals surface area contributed by atoms with Gasteiger partial charge in [-0.3, -0.25) is 10.1 Å². The molecule has 154 valence electrons. The highest BCUT2D eigenvalue weighted by molar-refractivity contribution is 5.96. The van der Waals surface area contributed by atoms with E-state index >= 15 is 0 Å². The third kappa shape index (κ3) is 5.79. The highest BCUT2D eigenvalue weighted by Crippen LogP contribution is 2.17. The summed E-state index contributed by atoms with van der Waals surface area (Å²) in [7, 11) is 0. The first-order valence-electron chi connectivity index (χ1n) is 10.9. The van der Waals surface area contributed by atoms with Gasteiger partial charge in [-0.1, -0.05) is 43.5 Å². The highest BCUT2D eigenvalue weighted by atomic mass is 16.2. The molecule has 1 aliphatic carbocycles. The number of quaternary nitrogens is 2. The van der Waals surface area contributed by atoms with E-state index in [1.807, 2.05) is 6.92 Å². The first-order chi connectivity index (χ1) is 13.5. The summed E-state index contributed by atoms with van der Waals surface area (Å²) >= 11 is 0. The van der Waals surface area contributed by atoms with Gasteiger partial charge in [-0.05, 0) is 32.3 Å². The van der Waals surface area contributed by atoms with Gasteiger partial charge in [0.25, 0.3) is 5.91 Å². The minimum atomic E-state index is -0.327. The summed E-state index contributed by atoms with van der Waals surface area (Å²) in [6.45, 7) is 9.17. The zero-order valence-corrected chi connectivity index (χ0v) is 17.4. The predicted octanol–water partition coefficient (Wildman–Crippen LogP) is -0.175. The second-order valence-electron chi connectivity index (χ2n) is 8.53. The van der Waals surface area contributed by atoms with E-state index in [-0.39, 0.29) is 24.0 Å². The van der Waals surface area contributed by atoms with Crippen LogP contribution in [0.15, 0.2) is 24.3 Å². The van der Waals surface area contributed by atoms with Gasteiger partial charge in [0.15, 0.2) is 6.04 Å². The topological polar surface area (TPSA) is 67.1 Å². The lowest BCUT2D eigenvalue weighted by Gasteiger charge is -2.32. The molecule has 2 fully saturated rings. The van der Waals surface area contributed by atoms with Crippen molar-refractivity contribution in [2.45, 2.75) is 64.6 Å². The van der Waals surface area contributed by atoms with Crippen LogP contribution in [0, 0.1) is 6.92 Å². The summed E-state index contributed by atoms with van der Waals surface area (Å²) in [5.41, 5.74) is 2.76. The molecule has 0 unspecified atom stereocenters. The van der Waals surface area contributed by atoms with Crippen molar-refractivity contribution in [3.05, 3.63) is 35.4 Å². The molecule has 6 nitrogen and oxygen atoms in total. The Labute approximate surface area is 168 Å². The van der Waals surface area contributed by atoms with Gasteiger partial charge in [-0.2, -0.15) is 0 Å². The van der Waals surface area contributed by atoms with E-state index in [1.54, 1.807) is 4.90 Å². The fourth-order valence-electron chi connectivity index (χ4n) is 4.49. The average molecular weight is 389 g/mol. The molecule has 1 aliphatic heterocycles. The van der Waals surface area contributed by atoms with Crippen molar-refractivity contribution in [3.63, 3.8) is 0 Å². The fourth-order valence-corrected chi connectivity index (χ4v) is 4.49. The van der Waals surface area contributed by atoms with E-state index in [0.717, 1.165) is 58.4 Å². The van der Waals surface area contributed by atoms with Crippen molar-refractivity contribution in [2.75, 3.05) is 26.2 Å². The van der Waals surface area contributed by atoms with Crippen LogP contribution in [0.4, 0.5) is 4.79 Å². The van der Waals surface area contributed by atoms with E-state index in [9.17, 15) is 9.59 Å². The smallest absolute Gasteiger partial charge is 0.321 e.